The molecule has 0 bridgehead atoms. The van der Waals surface area contributed by atoms with Gasteiger partial charge in [-0.15, -0.1) is 0 Å². The summed E-state index contributed by atoms with van der Waals surface area (Å²) in [6.45, 7) is 1.39. The smallest absolute Gasteiger partial charge is 0.261 e. The lowest BCUT2D eigenvalue weighted by atomic mass is 10.1. The monoisotopic (exact) mass is 422 g/mol. The van der Waals surface area contributed by atoms with E-state index in [0.29, 0.717) is 30.2 Å². The van der Waals surface area contributed by atoms with Crippen LogP contribution < -0.4 is 9.46 Å². The van der Waals surface area contributed by atoms with Crippen LogP contribution in [0.2, 0.25) is 0 Å². The average molecular weight is 423 g/mol. The standard InChI is InChI=1S/C23H22N2O4S/c26-23(25-16-6-7-17-25)21-10-4-5-11-22(21)24-30(27,28)20-14-12-19(13-15-20)29-18-8-2-1-3-9-18/h1-5,8-15,24H,6-7,16-17H2. The minimum Gasteiger partial charge on any atom is -0.457 e. The zero-order valence-electron chi connectivity index (χ0n) is 16.3. The first-order chi connectivity index (χ1) is 14.5. The van der Waals surface area contributed by atoms with Crippen LogP contribution >= 0.6 is 0 Å². The van der Waals surface area contributed by atoms with Gasteiger partial charge in [-0.25, -0.2) is 8.42 Å². The minimum atomic E-state index is -3.86. The predicted octanol–water partition coefficient (Wildman–Crippen LogP) is 4.52. The highest BCUT2D eigenvalue weighted by molar-refractivity contribution is 7.92. The molecule has 0 spiro atoms. The number of hydrogen-bond donors (Lipinski definition) is 1. The molecule has 0 atom stereocenters. The second-order valence-corrected chi connectivity index (χ2v) is 8.72. The summed E-state index contributed by atoms with van der Waals surface area (Å²) in [7, 11) is -3.86. The van der Waals surface area contributed by atoms with E-state index >= 15 is 0 Å². The highest BCUT2D eigenvalue weighted by Crippen LogP contribution is 2.26. The summed E-state index contributed by atoms with van der Waals surface area (Å²) in [5.74, 6) is 1.04. The van der Waals surface area contributed by atoms with Crippen LogP contribution in [0.1, 0.15) is 23.2 Å². The van der Waals surface area contributed by atoms with Gasteiger partial charge in [0.05, 0.1) is 16.1 Å². The van der Waals surface area contributed by atoms with Crippen molar-refractivity contribution in [2.45, 2.75) is 17.7 Å². The normalized spacial score (nSPS) is 13.8. The molecule has 1 saturated heterocycles. The second-order valence-electron chi connectivity index (χ2n) is 7.04. The number of nitrogens with zero attached hydrogens (tertiary/aromatic N) is 1. The fraction of sp³-hybridized carbons (Fsp3) is 0.174. The Morgan fingerprint density at radius 2 is 1.40 bits per heavy atom. The van der Waals surface area contributed by atoms with Gasteiger partial charge in [0.15, 0.2) is 0 Å². The summed E-state index contributed by atoms with van der Waals surface area (Å²) in [5.41, 5.74) is 0.631. The Bertz CT molecular complexity index is 1120. The van der Waals surface area contributed by atoms with Crippen LogP contribution in [0.25, 0.3) is 0 Å². The van der Waals surface area contributed by atoms with Crippen LogP contribution in [0.15, 0.2) is 83.8 Å². The number of hydrogen-bond acceptors (Lipinski definition) is 4. The molecule has 1 heterocycles. The molecular weight excluding hydrogens is 400 g/mol. The number of likely N-dealkylation sites (tertiary alicyclic amines) is 1. The molecule has 0 aromatic heterocycles. The van der Waals surface area contributed by atoms with E-state index in [1.54, 1.807) is 41.3 Å². The molecule has 1 N–H and O–H groups in total. The first kappa shape index (κ1) is 20.0. The van der Waals surface area contributed by atoms with Crippen LogP contribution in [0.4, 0.5) is 5.69 Å². The van der Waals surface area contributed by atoms with Gasteiger partial charge in [0.25, 0.3) is 15.9 Å². The van der Waals surface area contributed by atoms with E-state index in [4.69, 9.17) is 4.74 Å². The largest absolute Gasteiger partial charge is 0.457 e. The van der Waals surface area contributed by atoms with E-state index in [1.165, 1.54) is 12.1 Å². The maximum absolute atomic E-state index is 12.9. The molecule has 0 radical (unpaired) electrons. The molecule has 1 aliphatic rings. The van der Waals surface area contributed by atoms with E-state index in [0.717, 1.165) is 12.8 Å². The minimum absolute atomic E-state index is 0.0892. The molecule has 30 heavy (non-hydrogen) atoms. The van der Waals surface area contributed by atoms with Crippen molar-refractivity contribution in [3.8, 4) is 11.5 Å². The lowest BCUT2D eigenvalue weighted by Gasteiger charge is -2.18. The Kier molecular flexibility index (Phi) is 5.72. The number of amides is 1. The number of nitrogens with one attached hydrogen (secondary N) is 1. The van der Waals surface area contributed by atoms with Crippen LogP contribution in [-0.2, 0) is 10.0 Å². The molecule has 4 rings (SSSR count). The number of ether oxygens (including phenoxy) is 1. The van der Waals surface area contributed by atoms with Gasteiger partial charge in [0.2, 0.25) is 0 Å². The van der Waals surface area contributed by atoms with Gasteiger partial charge < -0.3 is 9.64 Å². The highest BCUT2D eigenvalue weighted by atomic mass is 32.2. The fourth-order valence-electron chi connectivity index (χ4n) is 3.36. The first-order valence-electron chi connectivity index (χ1n) is 9.77. The third-order valence-corrected chi connectivity index (χ3v) is 6.29. The predicted molar refractivity (Wildman–Crippen MR) is 115 cm³/mol. The lowest BCUT2D eigenvalue weighted by Crippen LogP contribution is -2.28. The van der Waals surface area contributed by atoms with Gasteiger partial charge in [-0.05, 0) is 61.4 Å². The van der Waals surface area contributed by atoms with Crippen molar-refractivity contribution < 1.29 is 17.9 Å². The maximum atomic E-state index is 12.9. The van der Waals surface area contributed by atoms with E-state index in [9.17, 15) is 13.2 Å². The van der Waals surface area contributed by atoms with Crippen molar-refractivity contribution in [2.24, 2.45) is 0 Å². The Balaban J connectivity index is 1.53. The van der Waals surface area contributed by atoms with Crippen molar-refractivity contribution in [3.05, 3.63) is 84.4 Å². The molecule has 0 unspecified atom stereocenters. The zero-order chi connectivity index (χ0) is 21.0. The molecule has 0 aliphatic carbocycles. The average Bonchev–Trinajstić information content (AvgIpc) is 3.30. The first-order valence-corrected chi connectivity index (χ1v) is 11.3. The van der Waals surface area contributed by atoms with Crippen LogP contribution in [0.3, 0.4) is 0 Å². The Morgan fingerprint density at radius 3 is 2.10 bits per heavy atom. The third kappa shape index (κ3) is 4.46. The van der Waals surface area contributed by atoms with Gasteiger partial charge in [0, 0.05) is 13.1 Å². The quantitative estimate of drug-likeness (QED) is 0.634. The molecule has 7 heteroatoms. The maximum Gasteiger partial charge on any atom is 0.261 e. The Hall–Kier alpha value is -3.32. The molecule has 1 aliphatic heterocycles. The molecular formula is C23H22N2O4S. The molecule has 0 saturated carbocycles. The molecule has 3 aromatic rings. The molecule has 3 aromatic carbocycles. The van der Waals surface area contributed by atoms with E-state index in [2.05, 4.69) is 4.72 Å². The molecule has 1 fully saturated rings. The van der Waals surface area contributed by atoms with Crippen LogP contribution in [0, 0.1) is 0 Å². The summed E-state index contributed by atoms with van der Waals surface area (Å²) in [6.07, 6.45) is 1.94. The lowest BCUT2D eigenvalue weighted by molar-refractivity contribution is 0.0794. The highest BCUT2D eigenvalue weighted by Gasteiger charge is 2.24. The van der Waals surface area contributed by atoms with Crippen molar-refractivity contribution in [1.29, 1.82) is 0 Å². The van der Waals surface area contributed by atoms with Crippen molar-refractivity contribution in [3.63, 3.8) is 0 Å². The summed E-state index contributed by atoms with van der Waals surface area (Å²) >= 11 is 0. The van der Waals surface area contributed by atoms with Gasteiger partial charge in [-0.3, -0.25) is 9.52 Å². The fourth-order valence-corrected chi connectivity index (χ4v) is 4.44. The van der Waals surface area contributed by atoms with Crippen molar-refractivity contribution >= 4 is 21.6 Å². The van der Waals surface area contributed by atoms with Gasteiger partial charge in [0.1, 0.15) is 11.5 Å². The van der Waals surface area contributed by atoms with E-state index in [1.807, 2.05) is 30.3 Å². The summed E-state index contributed by atoms with van der Waals surface area (Å²) < 4.78 is 34.0. The third-order valence-electron chi connectivity index (χ3n) is 4.91. The van der Waals surface area contributed by atoms with Crippen molar-refractivity contribution in [2.75, 3.05) is 17.8 Å². The number of benzene rings is 3. The van der Waals surface area contributed by atoms with Crippen molar-refractivity contribution in [1.82, 2.24) is 4.90 Å². The van der Waals surface area contributed by atoms with E-state index < -0.39 is 10.0 Å². The zero-order valence-corrected chi connectivity index (χ0v) is 17.1. The van der Waals surface area contributed by atoms with E-state index in [-0.39, 0.29) is 16.5 Å². The molecule has 154 valence electrons. The molecule has 1 amide bonds. The molecule has 6 nitrogen and oxygen atoms in total. The SMILES string of the molecule is O=C(c1ccccc1NS(=O)(=O)c1ccc(Oc2ccccc2)cc1)N1CCCC1. The van der Waals surface area contributed by atoms with Gasteiger partial charge in [-0.1, -0.05) is 30.3 Å². The Labute approximate surface area is 176 Å². The van der Waals surface area contributed by atoms with Crippen LogP contribution in [0.5, 0.6) is 11.5 Å². The summed E-state index contributed by atoms with van der Waals surface area (Å²) in [5, 5.41) is 0. The number of sulfonamides is 1. The number of rotatable bonds is 6. The number of carbonyl (C=O) groups excluding carboxylic acids is 1. The topological polar surface area (TPSA) is 75.7 Å². The van der Waals surface area contributed by atoms with Gasteiger partial charge in [-0.2, -0.15) is 0 Å². The van der Waals surface area contributed by atoms with Gasteiger partial charge >= 0.3 is 0 Å². The number of carbonyl (C=O) groups is 1. The number of anilines is 1. The Morgan fingerprint density at radius 1 is 0.800 bits per heavy atom. The number of para-hydroxylation sites is 2. The second kappa shape index (κ2) is 8.59. The van der Waals surface area contributed by atoms with Crippen LogP contribution in [-0.4, -0.2) is 32.3 Å². The summed E-state index contributed by atoms with van der Waals surface area (Å²) in [4.78, 5) is 14.6. The summed E-state index contributed by atoms with van der Waals surface area (Å²) in [6, 6.07) is 22.1.